The average molecular weight is 248 g/mol. The lowest BCUT2D eigenvalue weighted by Crippen LogP contribution is -2.28. The van der Waals surface area contributed by atoms with Gasteiger partial charge in [0.1, 0.15) is 0 Å². The highest BCUT2D eigenvalue weighted by Gasteiger charge is 2.00. The van der Waals surface area contributed by atoms with E-state index in [9.17, 15) is 14.7 Å². The van der Waals surface area contributed by atoms with E-state index in [2.05, 4.69) is 17.4 Å². The summed E-state index contributed by atoms with van der Waals surface area (Å²) in [6, 6.07) is 10.2. The van der Waals surface area contributed by atoms with Crippen LogP contribution in [-0.2, 0) is 16.0 Å². The van der Waals surface area contributed by atoms with Crippen molar-refractivity contribution in [3.63, 3.8) is 0 Å². The van der Waals surface area contributed by atoms with Gasteiger partial charge in [0, 0.05) is 18.9 Å². The summed E-state index contributed by atoms with van der Waals surface area (Å²) < 4.78 is 0. The number of hydrogen-bond donors (Lipinski definition) is 1. The molecule has 0 spiro atoms. The van der Waals surface area contributed by atoms with Gasteiger partial charge in [0.2, 0.25) is 5.91 Å². The SMILES string of the molecule is O=C([O-])CCC(=O)NCCCCc1ccccc1. The quantitative estimate of drug-likeness (QED) is 0.687. The molecule has 0 aliphatic carbocycles. The molecule has 0 aliphatic heterocycles. The van der Waals surface area contributed by atoms with E-state index in [0.29, 0.717) is 6.54 Å². The number of nitrogens with one attached hydrogen (secondary N) is 1. The van der Waals surface area contributed by atoms with Gasteiger partial charge in [0.25, 0.3) is 0 Å². The van der Waals surface area contributed by atoms with Crippen LogP contribution in [0, 0.1) is 0 Å². The second kappa shape index (κ2) is 8.28. The molecule has 0 fully saturated rings. The molecule has 4 heteroatoms. The molecule has 1 amide bonds. The van der Waals surface area contributed by atoms with Crippen LogP contribution in [0.4, 0.5) is 0 Å². The maximum atomic E-state index is 11.2. The number of rotatable bonds is 8. The molecular weight excluding hydrogens is 230 g/mol. The molecule has 4 nitrogen and oxygen atoms in total. The summed E-state index contributed by atoms with van der Waals surface area (Å²) in [7, 11) is 0. The van der Waals surface area contributed by atoms with Gasteiger partial charge in [0.15, 0.2) is 0 Å². The van der Waals surface area contributed by atoms with E-state index in [-0.39, 0.29) is 18.7 Å². The summed E-state index contributed by atoms with van der Waals surface area (Å²) in [4.78, 5) is 21.3. The zero-order valence-corrected chi connectivity index (χ0v) is 10.4. The predicted molar refractivity (Wildman–Crippen MR) is 66.6 cm³/mol. The number of carboxylic acid groups (broad SMARTS) is 1. The Morgan fingerprint density at radius 3 is 2.44 bits per heavy atom. The molecule has 1 aromatic carbocycles. The highest BCUT2D eigenvalue weighted by molar-refractivity contribution is 5.79. The summed E-state index contributed by atoms with van der Waals surface area (Å²) in [5.41, 5.74) is 1.29. The molecule has 0 saturated carbocycles. The van der Waals surface area contributed by atoms with Crippen LogP contribution in [0.1, 0.15) is 31.2 Å². The van der Waals surface area contributed by atoms with Gasteiger partial charge in [-0.25, -0.2) is 0 Å². The van der Waals surface area contributed by atoms with E-state index in [1.165, 1.54) is 5.56 Å². The molecule has 0 bridgehead atoms. The average Bonchev–Trinajstić information content (AvgIpc) is 2.37. The van der Waals surface area contributed by atoms with Crippen molar-refractivity contribution in [3.8, 4) is 0 Å². The summed E-state index contributed by atoms with van der Waals surface area (Å²) in [6.45, 7) is 0.596. The third-order valence-electron chi connectivity index (χ3n) is 2.61. The van der Waals surface area contributed by atoms with Crippen molar-refractivity contribution in [2.45, 2.75) is 32.1 Å². The fourth-order valence-corrected chi connectivity index (χ4v) is 1.63. The monoisotopic (exact) mass is 248 g/mol. The van der Waals surface area contributed by atoms with Gasteiger partial charge in [-0.2, -0.15) is 0 Å². The Balaban J connectivity index is 2.02. The van der Waals surface area contributed by atoms with Crippen molar-refractivity contribution < 1.29 is 14.7 Å². The van der Waals surface area contributed by atoms with Crippen molar-refractivity contribution >= 4 is 11.9 Å². The van der Waals surface area contributed by atoms with Crippen LogP contribution in [0.15, 0.2) is 30.3 Å². The first-order chi connectivity index (χ1) is 8.68. The van der Waals surface area contributed by atoms with Crippen LogP contribution in [0.2, 0.25) is 0 Å². The summed E-state index contributed by atoms with van der Waals surface area (Å²) in [6.07, 6.45) is 2.68. The van der Waals surface area contributed by atoms with Gasteiger partial charge in [-0.1, -0.05) is 30.3 Å². The Morgan fingerprint density at radius 2 is 1.78 bits per heavy atom. The van der Waals surface area contributed by atoms with Crippen LogP contribution in [0.5, 0.6) is 0 Å². The molecule has 1 N–H and O–H groups in total. The zero-order chi connectivity index (χ0) is 13.2. The second-order valence-corrected chi connectivity index (χ2v) is 4.16. The summed E-state index contributed by atoms with van der Waals surface area (Å²) >= 11 is 0. The van der Waals surface area contributed by atoms with Gasteiger partial charge in [-0.3, -0.25) is 4.79 Å². The molecular formula is C14H18NO3-. The molecule has 1 aromatic rings. The number of unbranched alkanes of at least 4 members (excludes halogenated alkanes) is 1. The minimum atomic E-state index is -1.19. The molecule has 0 aromatic heterocycles. The van der Waals surface area contributed by atoms with Gasteiger partial charge in [-0.15, -0.1) is 0 Å². The molecule has 0 saturated heterocycles. The van der Waals surface area contributed by atoms with Gasteiger partial charge >= 0.3 is 0 Å². The lowest BCUT2D eigenvalue weighted by Gasteiger charge is -2.05. The van der Waals surface area contributed by atoms with E-state index >= 15 is 0 Å². The number of aryl methyl sites for hydroxylation is 1. The Morgan fingerprint density at radius 1 is 1.06 bits per heavy atom. The number of carbonyl (C=O) groups excluding carboxylic acids is 2. The molecule has 0 unspecified atom stereocenters. The first-order valence-corrected chi connectivity index (χ1v) is 6.19. The van der Waals surface area contributed by atoms with Crippen LogP contribution in [0.3, 0.4) is 0 Å². The van der Waals surface area contributed by atoms with E-state index in [0.717, 1.165) is 19.3 Å². The maximum absolute atomic E-state index is 11.2. The van der Waals surface area contributed by atoms with E-state index in [1.807, 2.05) is 18.2 Å². The third-order valence-corrected chi connectivity index (χ3v) is 2.61. The normalized spacial score (nSPS) is 10.0. The lowest BCUT2D eigenvalue weighted by molar-refractivity contribution is -0.305. The molecule has 0 aliphatic rings. The van der Waals surface area contributed by atoms with Crippen molar-refractivity contribution in [3.05, 3.63) is 35.9 Å². The highest BCUT2D eigenvalue weighted by Crippen LogP contribution is 2.03. The Labute approximate surface area is 107 Å². The van der Waals surface area contributed by atoms with Crippen molar-refractivity contribution in [1.29, 1.82) is 0 Å². The van der Waals surface area contributed by atoms with Crippen LogP contribution < -0.4 is 10.4 Å². The van der Waals surface area contributed by atoms with Gasteiger partial charge in [-0.05, 0) is 31.2 Å². The van der Waals surface area contributed by atoms with Crippen molar-refractivity contribution in [2.75, 3.05) is 6.54 Å². The van der Waals surface area contributed by atoms with Crippen LogP contribution in [0.25, 0.3) is 0 Å². The topological polar surface area (TPSA) is 69.2 Å². The molecule has 0 radical (unpaired) electrons. The lowest BCUT2D eigenvalue weighted by atomic mass is 10.1. The maximum Gasteiger partial charge on any atom is 0.220 e. The van der Waals surface area contributed by atoms with Crippen LogP contribution >= 0.6 is 0 Å². The predicted octanol–water partition coefficient (Wildman–Crippen LogP) is 0.656. The summed E-state index contributed by atoms with van der Waals surface area (Å²) in [5, 5.41) is 12.8. The third kappa shape index (κ3) is 6.68. The fraction of sp³-hybridized carbons (Fsp3) is 0.429. The molecule has 1 rings (SSSR count). The standard InChI is InChI=1S/C14H19NO3/c16-13(9-10-14(17)18)15-11-5-4-8-12-6-2-1-3-7-12/h1-3,6-7H,4-5,8-11H2,(H,15,16)(H,17,18)/p-1. The Hall–Kier alpha value is -1.84. The van der Waals surface area contributed by atoms with Gasteiger partial charge < -0.3 is 15.2 Å². The first-order valence-electron chi connectivity index (χ1n) is 6.19. The number of carbonyl (C=O) groups is 2. The number of benzene rings is 1. The minimum Gasteiger partial charge on any atom is -0.550 e. The zero-order valence-electron chi connectivity index (χ0n) is 10.4. The number of hydrogen-bond acceptors (Lipinski definition) is 3. The first kappa shape index (κ1) is 14.2. The van der Waals surface area contributed by atoms with E-state index in [1.54, 1.807) is 0 Å². The highest BCUT2D eigenvalue weighted by atomic mass is 16.4. The largest absolute Gasteiger partial charge is 0.550 e. The summed E-state index contributed by atoms with van der Waals surface area (Å²) in [5.74, 6) is -1.41. The Bertz CT molecular complexity index is 376. The molecule has 18 heavy (non-hydrogen) atoms. The fourth-order valence-electron chi connectivity index (χ4n) is 1.63. The molecule has 0 heterocycles. The minimum absolute atomic E-state index is 0.00101. The number of aliphatic carboxylic acids is 1. The van der Waals surface area contributed by atoms with Gasteiger partial charge in [0.05, 0.1) is 0 Å². The Kier molecular flexibility index (Phi) is 6.54. The van der Waals surface area contributed by atoms with Crippen molar-refractivity contribution in [2.24, 2.45) is 0 Å². The van der Waals surface area contributed by atoms with E-state index in [4.69, 9.17) is 0 Å². The van der Waals surface area contributed by atoms with Crippen LogP contribution in [-0.4, -0.2) is 18.4 Å². The van der Waals surface area contributed by atoms with Crippen molar-refractivity contribution in [1.82, 2.24) is 5.32 Å². The number of carboxylic acids is 1. The van der Waals surface area contributed by atoms with E-state index < -0.39 is 5.97 Å². The molecule has 0 atom stereocenters. The number of amides is 1. The smallest absolute Gasteiger partial charge is 0.220 e. The second-order valence-electron chi connectivity index (χ2n) is 4.16. The molecule has 98 valence electrons.